The van der Waals surface area contributed by atoms with E-state index in [9.17, 15) is 13.2 Å². The zero-order valence-electron chi connectivity index (χ0n) is 7.65. The predicted molar refractivity (Wildman–Crippen MR) is 47.5 cm³/mol. The van der Waals surface area contributed by atoms with E-state index >= 15 is 0 Å². The Kier molecular flexibility index (Phi) is 4.89. The van der Waals surface area contributed by atoms with E-state index in [1.165, 1.54) is 0 Å². The molecule has 0 saturated heterocycles. The molecule has 0 spiro atoms. The highest BCUT2D eigenvalue weighted by molar-refractivity contribution is 7.87. The van der Waals surface area contributed by atoms with Crippen molar-refractivity contribution >= 4 is 16.2 Å². The molecule has 0 aliphatic carbocycles. The molecule has 0 bridgehead atoms. The number of carboxylic acids is 1. The lowest BCUT2D eigenvalue weighted by molar-refractivity contribution is -0.137. The van der Waals surface area contributed by atoms with Crippen molar-refractivity contribution in [3.05, 3.63) is 0 Å². The molecule has 0 aromatic rings. The van der Waals surface area contributed by atoms with E-state index in [0.29, 0.717) is 0 Å². The quantitative estimate of drug-likeness (QED) is 0.603. The van der Waals surface area contributed by atoms with Gasteiger partial charge in [-0.25, -0.2) is 4.72 Å². The van der Waals surface area contributed by atoms with Gasteiger partial charge >= 0.3 is 5.97 Å². The van der Waals surface area contributed by atoms with E-state index in [2.05, 4.69) is 4.72 Å². The second-order valence-electron chi connectivity index (χ2n) is 2.32. The maximum Gasteiger partial charge on any atom is 0.318 e. The van der Waals surface area contributed by atoms with Crippen LogP contribution in [0.4, 0.5) is 0 Å². The molecule has 7 heteroatoms. The molecule has 0 saturated carbocycles. The van der Waals surface area contributed by atoms with Crippen LogP contribution < -0.4 is 4.72 Å². The van der Waals surface area contributed by atoms with Gasteiger partial charge in [-0.2, -0.15) is 12.7 Å². The number of nitrogens with zero attached hydrogens (tertiary/aromatic N) is 1. The first kappa shape index (κ1) is 12.3. The molecule has 0 aromatic carbocycles. The van der Waals surface area contributed by atoms with Gasteiger partial charge in [0.25, 0.3) is 10.2 Å². The number of hydrogen-bond donors (Lipinski definition) is 2. The van der Waals surface area contributed by atoms with Crippen molar-refractivity contribution in [2.75, 3.05) is 19.6 Å². The van der Waals surface area contributed by atoms with E-state index in [0.717, 1.165) is 4.31 Å². The minimum Gasteiger partial charge on any atom is -0.480 e. The Bertz CT molecular complexity index is 262. The van der Waals surface area contributed by atoms with Crippen LogP contribution in [0.3, 0.4) is 0 Å². The summed E-state index contributed by atoms with van der Waals surface area (Å²) < 4.78 is 25.6. The SMILES string of the molecule is CCNS(=O)(=O)N(CC)CC(=O)O. The van der Waals surface area contributed by atoms with Crippen LogP contribution >= 0.6 is 0 Å². The third-order valence-electron chi connectivity index (χ3n) is 1.33. The highest BCUT2D eigenvalue weighted by Crippen LogP contribution is 1.96. The monoisotopic (exact) mass is 210 g/mol. The molecule has 0 rings (SSSR count). The zero-order chi connectivity index (χ0) is 10.5. The highest BCUT2D eigenvalue weighted by atomic mass is 32.2. The van der Waals surface area contributed by atoms with Gasteiger partial charge in [-0.05, 0) is 0 Å². The topological polar surface area (TPSA) is 86.7 Å². The lowest BCUT2D eigenvalue weighted by Gasteiger charge is -2.17. The van der Waals surface area contributed by atoms with Crippen LogP contribution in [0.25, 0.3) is 0 Å². The van der Waals surface area contributed by atoms with Crippen LogP contribution in [0.5, 0.6) is 0 Å². The molecule has 0 aliphatic heterocycles. The number of carbonyl (C=O) groups is 1. The standard InChI is InChI=1S/C6H14N2O4S/c1-3-7-13(11,12)8(4-2)5-6(9)10/h7H,3-5H2,1-2H3,(H,9,10). The summed E-state index contributed by atoms with van der Waals surface area (Å²) in [6.07, 6.45) is 0. The number of carboxylic acid groups (broad SMARTS) is 1. The van der Waals surface area contributed by atoms with Crippen LogP contribution in [0.15, 0.2) is 0 Å². The molecule has 0 atom stereocenters. The summed E-state index contributed by atoms with van der Waals surface area (Å²) in [5.74, 6) is -1.16. The van der Waals surface area contributed by atoms with Crippen LogP contribution in [-0.2, 0) is 15.0 Å². The molecule has 6 nitrogen and oxygen atoms in total. The average molecular weight is 210 g/mol. The maximum atomic E-state index is 11.2. The Morgan fingerprint density at radius 2 is 2.00 bits per heavy atom. The fourth-order valence-electron chi connectivity index (χ4n) is 0.791. The Morgan fingerprint density at radius 3 is 2.31 bits per heavy atom. The van der Waals surface area contributed by atoms with Gasteiger partial charge in [-0.1, -0.05) is 13.8 Å². The largest absolute Gasteiger partial charge is 0.480 e. The number of aliphatic carboxylic acids is 1. The predicted octanol–water partition coefficient (Wildman–Crippen LogP) is -0.753. The van der Waals surface area contributed by atoms with Crippen molar-refractivity contribution in [2.24, 2.45) is 0 Å². The Morgan fingerprint density at radius 1 is 1.46 bits per heavy atom. The fourth-order valence-corrected chi connectivity index (χ4v) is 1.96. The lowest BCUT2D eigenvalue weighted by atomic mass is 10.6. The minimum absolute atomic E-state index is 0.141. The Balaban J connectivity index is 4.47. The number of rotatable bonds is 6. The molecule has 0 amide bonds. The van der Waals surface area contributed by atoms with Crippen molar-refractivity contribution in [1.29, 1.82) is 0 Å². The van der Waals surface area contributed by atoms with E-state index < -0.39 is 22.7 Å². The van der Waals surface area contributed by atoms with Gasteiger partial charge < -0.3 is 5.11 Å². The molecule has 13 heavy (non-hydrogen) atoms. The summed E-state index contributed by atoms with van der Waals surface area (Å²) in [5, 5.41) is 8.41. The smallest absolute Gasteiger partial charge is 0.318 e. The minimum atomic E-state index is -3.62. The number of likely N-dealkylation sites (N-methyl/N-ethyl adjacent to an activating group) is 1. The Labute approximate surface area is 77.7 Å². The van der Waals surface area contributed by atoms with Gasteiger partial charge in [0, 0.05) is 13.1 Å². The van der Waals surface area contributed by atoms with Gasteiger partial charge in [-0.15, -0.1) is 0 Å². The molecular formula is C6H14N2O4S. The summed E-state index contributed by atoms with van der Waals surface area (Å²) in [6, 6.07) is 0. The van der Waals surface area contributed by atoms with Crippen LogP contribution in [0.2, 0.25) is 0 Å². The third-order valence-corrected chi connectivity index (χ3v) is 3.05. The first-order valence-electron chi connectivity index (χ1n) is 3.90. The molecule has 0 unspecified atom stereocenters. The number of hydrogen-bond acceptors (Lipinski definition) is 3. The first-order chi connectivity index (χ1) is 5.94. The molecule has 0 radical (unpaired) electrons. The third kappa shape index (κ3) is 4.20. The fraction of sp³-hybridized carbons (Fsp3) is 0.833. The van der Waals surface area contributed by atoms with E-state index in [1.54, 1.807) is 13.8 Å². The second-order valence-corrected chi connectivity index (χ2v) is 4.08. The summed E-state index contributed by atoms with van der Waals surface area (Å²) in [7, 11) is -3.62. The van der Waals surface area contributed by atoms with Crippen LogP contribution in [-0.4, -0.2) is 43.4 Å². The zero-order valence-corrected chi connectivity index (χ0v) is 8.47. The van der Waals surface area contributed by atoms with Gasteiger partial charge in [0.15, 0.2) is 0 Å². The highest BCUT2D eigenvalue weighted by Gasteiger charge is 2.21. The van der Waals surface area contributed by atoms with Gasteiger partial charge in [0.2, 0.25) is 0 Å². The van der Waals surface area contributed by atoms with Crippen LogP contribution in [0, 0.1) is 0 Å². The molecule has 2 N–H and O–H groups in total. The Hall–Kier alpha value is -0.660. The van der Waals surface area contributed by atoms with E-state index in [1.807, 2.05) is 0 Å². The summed E-state index contributed by atoms with van der Waals surface area (Å²) >= 11 is 0. The molecule has 0 aromatic heterocycles. The van der Waals surface area contributed by atoms with Gasteiger partial charge in [0.1, 0.15) is 6.54 Å². The summed E-state index contributed by atoms with van der Waals surface area (Å²) in [4.78, 5) is 10.3. The summed E-state index contributed by atoms with van der Waals surface area (Å²) in [5.41, 5.74) is 0. The van der Waals surface area contributed by atoms with E-state index in [4.69, 9.17) is 5.11 Å². The average Bonchev–Trinajstić information content (AvgIpc) is 1.99. The van der Waals surface area contributed by atoms with E-state index in [-0.39, 0.29) is 13.1 Å². The van der Waals surface area contributed by atoms with Gasteiger partial charge in [-0.3, -0.25) is 4.79 Å². The molecule has 0 aliphatic rings. The first-order valence-corrected chi connectivity index (χ1v) is 5.34. The van der Waals surface area contributed by atoms with Crippen LogP contribution in [0.1, 0.15) is 13.8 Å². The van der Waals surface area contributed by atoms with Crippen molar-refractivity contribution in [3.8, 4) is 0 Å². The maximum absolute atomic E-state index is 11.2. The van der Waals surface area contributed by atoms with Crippen molar-refractivity contribution in [3.63, 3.8) is 0 Å². The molecular weight excluding hydrogens is 196 g/mol. The molecule has 78 valence electrons. The normalized spacial score (nSPS) is 11.9. The summed E-state index contributed by atoms with van der Waals surface area (Å²) in [6.45, 7) is 3.09. The van der Waals surface area contributed by atoms with Crippen molar-refractivity contribution in [1.82, 2.24) is 9.03 Å². The van der Waals surface area contributed by atoms with Crippen molar-refractivity contribution < 1.29 is 18.3 Å². The number of nitrogens with one attached hydrogen (secondary N) is 1. The second kappa shape index (κ2) is 5.15. The molecule has 0 fully saturated rings. The van der Waals surface area contributed by atoms with Gasteiger partial charge in [0.05, 0.1) is 0 Å². The molecule has 0 heterocycles. The lowest BCUT2D eigenvalue weighted by Crippen LogP contribution is -2.43. The van der Waals surface area contributed by atoms with Crippen molar-refractivity contribution in [2.45, 2.75) is 13.8 Å².